The summed E-state index contributed by atoms with van der Waals surface area (Å²) in [6, 6.07) is 0. The van der Waals surface area contributed by atoms with Crippen LogP contribution in [0, 0.1) is 0 Å². The monoisotopic (exact) mass is 156 g/mol. The number of rotatable bonds is 5. The second-order valence-corrected chi connectivity index (χ2v) is 2.79. The van der Waals surface area contributed by atoms with E-state index in [2.05, 4.69) is 13.8 Å². The van der Waals surface area contributed by atoms with E-state index in [1.807, 2.05) is 0 Å². The van der Waals surface area contributed by atoms with Crippen molar-refractivity contribution >= 4 is 0 Å². The van der Waals surface area contributed by atoms with E-state index in [1.165, 1.54) is 6.42 Å². The summed E-state index contributed by atoms with van der Waals surface area (Å²) >= 11 is 0. The molecule has 1 aliphatic rings. The van der Waals surface area contributed by atoms with Crippen LogP contribution >= 0.6 is 0 Å². The summed E-state index contributed by atoms with van der Waals surface area (Å²) in [5.41, 5.74) is 0. The number of ether oxygens (including phenoxy) is 2. The lowest BCUT2D eigenvalue weighted by molar-refractivity contribution is 0.244. The average molecular weight is 156 g/mol. The molecule has 0 aromatic carbocycles. The SMILES string of the molecule is CCCOC=C1OC1CCC. The number of hydrogen-bond donors (Lipinski definition) is 0. The Hall–Kier alpha value is -0.660. The molecule has 0 saturated carbocycles. The van der Waals surface area contributed by atoms with Gasteiger partial charge in [0.15, 0.2) is 11.9 Å². The van der Waals surface area contributed by atoms with Crippen LogP contribution in [0.5, 0.6) is 0 Å². The van der Waals surface area contributed by atoms with Crippen LogP contribution in [0.1, 0.15) is 33.1 Å². The third kappa shape index (κ3) is 2.83. The van der Waals surface area contributed by atoms with Gasteiger partial charge in [0.05, 0.1) is 6.61 Å². The van der Waals surface area contributed by atoms with E-state index in [-0.39, 0.29) is 0 Å². The van der Waals surface area contributed by atoms with Gasteiger partial charge >= 0.3 is 0 Å². The molecule has 0 amide bonds. The minimum atomic E-state index is 0.372. The minimum absolute atomic E-state index is 0.372. The van der Waals surface area contributed by atoms with Crippen molar-refractivity contribution in [3.05, 3.63) is 12.0 Å². The van der Waals surface area contributed by atoms with Crippen molar-refractivity contribution in [2.75, 3.05) is 6.61 Å². The van der Waals surface area contributed by atoms with Gasteiger partial charge in [0, 0.05) is 0 Å². The Bertz CT molecular complexity index is 140. The Balaban J connectivity index is 2.05. The molecule has 1 atom stereocenters. The van der Waals surface area contributed by atoms with Crippen LogP contribution in [-0.2, 0) is 9.47 Å². The van der Waals surface area contributed by atoms with E-state index < -0.39 is 0 Å². The molecule has 0 aromatic heterocycles. The van der Waals surface area contributed by atoms with Crippen LogP contribution in [0.2, 0.25) is 0 Å². The zero-order chi connectivity index (χ0) is 8.10. The standard InChI is InChI=1S/C9H16O2/c1-3-5-8-9(11-8)7-10-6-4-2/h7-8H,3-6H2,1-2H3. The van der Waals surface area contributed by atoms with Crippen LogP contribution in [0.4, 0.5) is 0 Å². The first-order valence-electron chi connectivity index (χ1n) is 4.36. The van der Waals surface area contributed by atoms with E-state index in [9.17, 15) is 0 Å². The van der Waals surface area contributed by atoms with Crippen molar-refractivity contribution in [2.45, 2.75) is 39.2 Å². The lowest BCUT2D eigenvalue weighted by Crippen LogP contribution is -1.84. The molecule has 0 N–H and O–H groups in total. The average Bonchev–Trinajstić information content (AvgIpc) is 2.70. The van der Waals surface area contributed by atoms with E-state index in [0.29, 0.717) is 6.10 Å². The summed E-state index contributed by atoms with van der Waals surface area (Å²) < 4.78 is 10.4. The summed E-state index contributed by atoms with van der Waals surface area (Å²) in [6.07, 6.45) is 5.49. The Morgan fingerprint density at radius 1 is 1.45 bits per heavy atom. The quantitative estimate of drug-likeness (QED) is 0.346. The molecule has 1 heterocycles. The minimum Gasteiger partial charge on any atom is -0.498 e. The predicted molar refractivity (Wildman–Crippen MR) is 44.1 cm³/mol. The van der Waals surface area contributed by atoms with Gasteiger partial charge in [-0.3, -0.25) is 0 Å². The molecule has 1 unspecified atom stereocenters. The van der Waals surface area contributed by atoms with Crippen molar-refractivity contribution in [3.8, 4) is 0 Å². The maximum Gasteiger partial charge on any atom is 0.172 e. The second-order valence-electron chi connectivity index (χ2n) is 2.79. The zero-order valence-corrected chi connectivity index (χ0v) is 7.30. The van der Waals surface area contributed by atoms with E-state index in [4.69, 9.17) is 9.47 Å². The van der Waals surface area contributed by atoms with Gasteiger partial charge in [-0.25, -0.2) is 0 Å². The topological polar surface area (TPSA) is 21.8 Å². The second kappa shape index (κ2) is 4.27. The fraction of sp³-hybridized carbons (Fsp3) is 0.778. The molecule has 0 bridgehead atoms. The van der Waals surface area contributed by atoms with E-state index >= 15 is 0 Å². The van der Waals surface area contributed by atoms with Gasteiger partial charge in [-0.2, -0.15) is 0 Å². The molecule has 0 aliphatic carbocycles. The number of epoxide rings is 1. The van der Waals surface area contributed by atoms with Gasteiger partial charge in [0.1, 0.15) is 6.26 Å². The zero-order valence-electron chi connectivity index (χ0n) is 7.30. The van der Waals surface area contributed by atoms with E-state index in [1.54, 1.807) is 6.26 Å². The molecule has 11 heavy (non-hydrogen) atoms. The molecule has 1 rings (SSSR count). The molecule has 2 nitrogen and oxygen atoms in total. The third-order valence-electron chi connectivity index (χ3n) is 1.61. The first kappa shape index (κ1) is 8.44. The molecule has 0 radical (unpaired) electrons. The van der Waals surface area contributed by atoms with Crippen LogP contribution in [0.25, 0.3) is 0 Å². The highest BCUT2D eigenvalue weighted by atomic mass is 16.6. The Labute approximate surface area is 68.2 Å². The molecule has 0 aromatic rings. The Morgan fingerprint density at radius 2 is 2.27 bits per heavy atom. The Kier molecular flexibility index (Phi) is 3.27. The first-order valence-corrected chi connectivity index (χ1v) is 4.36. The van der Waals surface area contributed by atoms with Crippen molar-refractivity contribution in [1.82, 2.24) is 0 Å². The molecule has 1 aliphatic heterocycles. The van der Waals surface area contributed by atoms with Crippen LogP contribution in [-0.4, -0.2) is 12.7 Å². The van der Waals surface area contributed by atoms with Gasteiger partial charge in [-0.15, -0.1) is 0 Å². The predicted octanol–water partition coefficient (Wildman–Crippen LogP) is 2.45. The summed E-state index contributed by atoms with van der Waals surface area (Å²) in [6.45, 7) is 5.05. The van der Waals surface area contributed by atoms with Crippen LogP contribution in [0.15, 0.2) is 12.0 Å². The maximum absolute atomic E-state index is 5.24. The van der Waals surface area contributed by atoms with Gasteiger partial charge in [-0.1, -0.05) is 20.3 Å². The van der Waals surface area contributed by atoms with Crippen molar-refractivity contribution < 1.29 is 9.47 Å². The van der Waals surface area contributed by atoms with Gasteiger partial charge < -0.3 is 9.47 Å². The molecule has 64 valence electrons. The van der Waals surface area contributed by atoms with Gasteiger partial charge in [0.2, 0.25) is 0 Å². The summed E-state index contributed by atoms with van der Waals surface area (Å²) in [4.78, 5) is 0. The summed E-state index contributed by atoms with van der Waals surface area (Å²) in [5.74, 6) is 1.03. The van der Waals surface area contributed by atoms with Crippen LogP contribution in [0.3, 0.4) is 0 Å². The molecule has 1 fully saturated rings. The van der Waals surface area contributed by atoms with Crippen molar-refractivity contribution in [3.63, 3.8) is 0 Å². The smallest absolute Gasteiger partial charge is 0.172 e. The van der Waals surface area contributed by atoms with Gasteiger partial charge in [0.25, 0.3) is 0 Å². The highest BCUT2D eigenvalue weighted by molar-refractivity contribution is 5.10. The highest BCUT2D eigenvalue weighted by Crippen LogP contribution is 2.30. The highest BCUT2D eigenvalue weighted by Gasteiger charge is 2.31. The van der Waals surface area contributed by atoms with Crippen molar-refractivity contribution in [2.24, 2.45) is 0 Å². The molecule has 1 saturated heterocycles. The van der Waals surface area contributed by atoms with Crippen molar-refractivity contribution in [1.29, 1.82) is 0 Å². The summed E-state index contributed by atoms with van der Waals surface area (Å²) in [7, 11) is 0. The van der Waals surface area contributed by atoms with E-state index in [0.717, 1.165) is 25.2 Å². The van der Waals surface area contributed by atoms with Crippen LogP contribution < -0.4 is 0 Å². The third-order valence-corrected chi connectivity index (χ3v) is 1.61. The first-order chi connectivity index (χ1) is 5.38. The number of hydrogen-bond acceptors (Lipinski definition) is 2. The largest absolute Gasteiger partial charge is 0.498 e. The lowest BCUT2D eigenvalue weighted by Gasteiger charge is -1.91. The molecular weight excluding hydrogens is 140 g/mol. The fourth-order valence-corrected chi connectivity index (χ4v) is 0.956. The maximum atomic E-state index is 5.24. The fourth-order valence-electron chi connectivity index (χ4n) is 0.956. The molecular formula is C9H16O2. The van der Waals surface area contributed by atoms with Gasteiger partial charge in [-0.05, 0) is 12.8 Å². The lowest BCUT2D eigenvalue weighted by atomic mass is 10.2. The molecule has 0 spiro atoms. The normalized spacial score (nSPS) is 24.9. The summed E-state index contributed by atoms with van der Waals surface area (Å²) in [5, 5.41) is 0. The Morgan fingerprint density at radius 3 is 2.91 bits per heavy atom. The molecule has 2 heteroatoms.